The van der Waals surface area contributed by atoms with Crippen LogP contribution in [0.2, 0.25) is 0 Å². The van der Waals surface area contributed by atoms with E-state index in [1.54, 1.807) is 0 Å². The van der Waals surface area contributed by atoms with Gasteiger partial charge in [-0.2, -0.15) is 18.2 Å². The number of halogens is 2. The summed E-state index contributed by atoms with van der Waals surface area (Å²) in [6, 6.07) is 13.7. The molecule has 0 spiro atoms. The van der Waals surface area contributed by atoms with Crippen LogP contribution >= 0.6 is 0 Å². The number of aryl methyl sites for hydroxylation is 4. The van der Waals surface area contributed by atoms with E-state index in [0.29, 0.717) is 0 Å². The van der Waals surface area contributed by atoms with Gasteiger partial charge in [0.05, 0.1) is 6.67 Å². The van der Waals surface area contributed by atoms with Crippen molar-refractivity contribution >= 4 is 11.4 Å². The number of benzene rings is 2. The van der Waals surface area contributed by atoms with Crippen LogP contribution in [0.5, 0.6) is 0 Å². The van der Waals surface area contributed by atoms with E-state index in [1.165, 1.54) is 28.1 Å². The summed E-state index contributed by atoms with van der Waals surface area (Å²) in [4.78, 5) is 0. The zero-order chi connectivity index (χ0) is 15.9. The van der Waals surface area contributed by atoms with E-state index in [9.17, 15) is 0 Å². The summed E-state index contributed by atoms with van der Waals surface area (Å²) < 4.78 is 0. The molecule has 25 heavy (non-hydrogen) atoms. The van der Waals surface area contributed by atoms with Gasteiger partial charge in [0.1, 0.15) is 0 Å². The molecule has 0 aliphatic carbocycles. The maximum atomic E-state index is 3.51. The first kappa shape index (κ1) is 26.3. The molecule has 0 fully saturated rings. The van der Waals surface area contributed by atoms with Crippen LogP contribution in [0.25, 0.3) is 0 Å². The average molecular weight is 426 g/mol. The molecule has 140 valence electrons. The van der Waals surface area contributed by atoms with Crippen LogP contribution in [0.15, 0.2) is 30.3 Å². The van der Waals surface area contributed by atoms with Gasteiger partial charge in [0.25, 0.3) is 0 Å². The summed E-state index contributed by atoms with van der Waals surface area (Å²) >= 11 is 0. The molecule has 0 bridgehead atoms. The summed E-state index contributed by atoms with van der Waals surface area (Å²) in [5, 5.41) is 10.3. The van der Waals surface area contributed by atoms with Crippen molar-refractivity contribution in [1.29, 1.82) is 0 Å². The Bertz CT molecular complexity index is 540. The first-order chi connectivity index (χ1) is 10.6. The zero-order valence-electron chi connectivity index (χ0n) is 15.1. The van der Waals surface area contributed by atoms with Gasteiger partial charge < -0.3 is 35.4 Å². The van der Waals surface area contributed by atoms with Gasteiger partial charge in [-0.3, -0.25) is 5.32 Å². The number of anilines is 2. The van der Waals surface area contributed by atoms with E-state index in [1.807, 2.05) is 6.07 Å². The summed E-state index contributed by atoms with van der Waals surface area (Å²) in [5.74, 6) is 0. The molecule has 0 heterocycles. The van der Waals surface area contributed by atoms with Gasteiger partial charge in [-0.15, -0.1) is 11.1 Å². The summed E-state index contributed by atoms with van der Waals surface area (Å²) in [5.41, 5.74) is 7.44. The first-order valence-corrected chi connectivity index (χ1v) is 7.82. The molecule has 0 unspecified atom stereocenters. The van der Waals surface area contributed by atoms with Crippen LogP contribution in [-0.4, -0.2) is 19.8 Å². The molecule has 2 rings (SSSR count). The fourth-order valence-corrected chi connectivity index (χ4v) is 2.62. The van der Waals surface area contributed by atoms with Crippen LogP contribution in [0, 0.1) is 33.8 Å². The summed E-state index contributed by atoms with van der Waals surface area (Å²) in [7, 11) is 0. The number of rotatable bonds is 7. The number of hydrogen-bond acceptors (Lipinski definition) is 3. The third kappa shape index (κ3) is 7.88. The Morgan fingerprint density at radius 1 is 0.800 bits per heavy atom. The molecule has 3 N–H and O–H groups in total. The number of para-hydroxylation sites is 1. The topological polar surface area (TPSA) is 36.1 Å². The Morgan fingerprint density at radius 3 is 2.00 bits per heavy atom. The largest absolute Gasteiger partial charge is 3.00 e. The molecule has 3 nitrogen and oxygen atoms in total. The van der Waals surface area contributed by atoms with Crippen molar-refractivity contribution in [2.24, 2.45) is 0 Å². The van der Waals surface area contributed by atoms with Gasteiger partial charge in [-0.25, -0.2) is 0 Å². The van der Waals surface area contributed by atoms with Crippen molar-refractivity contribution in [3.8, 4) is 0 Å². The molecule has 0 aliphatic heterocycles. The van der Waals surface area contributed by atoms with E-state index < -0.39 is 0 Å². The molecule has 2 aromatic carbocycles. The Morgan fingerprint density at radius 2 is 1.40 bits per heavy atom. The van der Waals surface area contributed by atoms with Crippen LogP contribution in [0.3, 0.4) is 0 Å². The Labute approximate surface area is 174 Å². The van der Waals surface area contributed by atoms with Crippen molar-refractivity contribution in [3.05, 3.63) is 58.7 Å². The SMILES string of the molecule is Cc1[c-]ccc(C)c1NCNCCNc1c(C)cccc1C.[Cl-].[Cl-].[Co+3]. The molecule has 0 saturated carbocycles. The Kier molecular flexibility index (Phi) is 14.0. The molecule has 0 radical (unpaired) electrons. The molecular weight excluding hydrogens is 400 g/mol. The molecule has 0 aromatic heterocycles. The van der Waals surface area contributed by atoms with Gasteiger partial charge in [-0.1, -0.05) is 37.7 Å². The zero-order valence-corrected chi connectivity index (χ0v) is 17.7. The molecule has 2 aromatic rings. The fraction of sp³-hybridized carbons (Fsp3) is 0.368. The van der Waals surface area contributed by atoms with E-state index in [-0.39, 0.29) is 41.6 Å². The summed E-state index contributed by atoms with van der Waals surface area (Å²) in [6.07, 6.45) is 0. The third-order valence-electron chi connectivity index (χ3n) is 3.88. The molecule has 0 saturated heterocycles. The van der Waals surface area contributed by atoms with Crippen molar-refractivity contribution in [2.75, 3.05) is 30.4 Å². The minimum absolute atomic E-state index is 0. The Balaban J connectivity index is 0. The maximum absolute atomic E-state index is 3.51. The molecule has 0 atom stereocenters. The second-order valence-corrected chi connectivity index (χ2v) is 5.71. The van der Waals surface area contributed by atoms with E-state index in [2.05, 4.69) is 74.0 Å². The van der Waals surface area contributed by atoms with Crippen molar-refractivity contribution in [2.45, 2.75) is 27.7 Å². The van der Waals surface area contributed by atoms with E-state index in [4.69, 9.17) is 0 Å². The van der Waals surface area contributed by atoms with Gasteiger partial charge in [0.15, 0.2) is 0 Å². The second kappa shape index (κ2) is 13.3. The minimum Gasteiger partial charge on any atom is -1.00 e. The quantitative estimate of drug-likeness (QED) is 0.267. The fourth-order valence-electron chi connectivity index (χ4n) is 2.62. The van der Waals surface area contributed by atoms with Crippen LogP contribution in [0.4, 0.5) is 11.4 Å². The smallest absolute Gasteiger partial charge is 1.00 e. The molecule has 0 amide bonds. The van der Waals surface area contributed by atoms with Crippen LogP contribution in [0.1, 0.15) is 22.3 Å². The maximum Gasteiger partial charge on any atom is 3.00 e. The number of hydrogen-bond donors (Lipinski definition) is 3. The van der Waals surface area contributed by atoms with Crippen molar-refractivity contribution in [3.63, 3.8) is 0 Å². The predicted octanol–water partition coefficient (Wildman–Crippen LogP) is -2.20. The monoisotopic (exact) mass is 425 g/mol. The van der Waals surface area contributed by atoms with Gasteiger partial charge >= 0.3 is 16.8 Å². The molecular formula is C19H26Cl2CoN3. The molecule has 0 aliphatic rings. The normalized spacial score (nSPS) is 9.28. The van der Waals surface area contributed by atoms with Gasteiger partial charge in [-0.05, 0) is 25.0 Å². The van der Waals surface area contributed by atoms with Crippen LogP contribution in [-0.2, 0) is 16.8 Å². The van der Waals surface area contributed by atoms with Crippen LogP contribution < -0.4 is 40.8 Å². The third-order valence-corrected chi connectivity index (χ3v) is 3.88. The number of nitrogens with one attached hydrogen (secondary N) is 3. The van der Waals surface area contributed by atoms with E-state index in [0.717, 1.165) is 25.3 Å². The van der Waals surface area contributed by atoms with E-state index >= 15 is 0 Å². The van der Waals surface area contributed by atoms with Gasteiger partial charge in [0, 0.05) is 18.8 Å². The predicted molar refractivity (Wildman–Crippen MR) is 95.7 cm³/mol. The summed E-state index contributed by atoms with van der Waals surface area (Å²) in [6.45, 7) is 11.1. The second-order valence-electron chi connectivity index (χ2n) is 5.71. The molecule has 6 heteroatoms. The average Bonchev–Trinajstić information content (AvgIpc) is 2.47. The Hall–Kier alpha value is -0.914. The van der Waals surface area contributed by atoms with Gasteiger partial charge in [0.2, 0.25) is 0 Å². The van der Waals surface area contributed by atoms with Crippen molar-refractivity contribution in [1.82, 2.24) is 5.32 Å². The first-order valence-electron chi connectivity index (χ1n) is 7.82. The standard InChI is InChI=1S/C19H26N3.2ClH.Co/c1-14-7-5-8-15(2)18(14)21-12-11-20-13-22-19-16(3)9-6-10-17(19)4;;;/h5-9,20-22H,11-13H2,1-4H3;2*1H;/q-1;;;+3/p-2. The van der Waals surface area contributed by atoms with Crippen molar-refractivity contribution < 1.29 is 41.6 Å². The minimum atomic E-state index is 0.